The minimum absolute atomic E-state index is 0.244. The number of ether oxygens (including phenoxy) is 1. The van der Waals surface area contributed by atoms with Gasteiger partial charge in [0.2, 0.25) is 0 Å². The van der Waals surface area contributed by atoms with Crippen molar-refractivity contribution >= 4 is 17.3 Å². The Bertz CT molecular complexity index is 406. The van der Waals surface area contributed by atoms with Crippen molar-refractivity contribution in [3.8, 4) is 11.8 Å². The van der Waals surface area contributed by atoms with Crippen molar-refractivity contribution in [1.82, 2.24) is 0 Å². The molecule has 4 nitrogen and oxygen atoms in total. The zero-order valence-electron chi connectivity index (χ0n) is 9.02. The van der Waals surface area contributed by atoms with E-state index in [2.05, 4.69) is 0 Å². The molecule has 0 radical (unpaired) electrons. The second-order valence-electron chi connectivity index (χ2n) is 3.17. The molecule has 0 aromatic carbocycles. The number of hydrogen-bond acceptors (Lipinski definition) is 4. The smallest absolute Gasteiger partial charge is 0.349 e. The lowest BCUT2D eigenvalue weighted by Gasteiger charge is -2.02. The molecule has 1 aromatic rings. The molecule has 0 amide bonds. The lowest BCUT2D eigenvalue weighted by molar-refractivity contribution is 0.0698. The van der Waals surface area contributed by atoms with Crippen LogP contribution >= 0.6 is 11.3 Å². The fraction of sp³-hybridized carbons (Fsp3) is 0.455. The summed E-state index contributed by atoms with van der Waals surface area (Å²) >= 11 is 1.24. The predicted molar refractivity (Wildman–Crippen MR) is 61.0 cm³/mol. The van der Waals surface area contributed by atoms with Crippen molar-refractivity contribution in [2.24, 2.45) is 0 Å². The van der Waals surface area contributed by atoms with Gasteiger partial charge in [-0.2, -0.15) is 5.26 Å². The number of rotatable bonds is 6. The number of nitrogens with zero attached hydrogens (tertiary/aromatic N) is 1. The summed E-state index contributed by atoms with van der Waals surface area (Å²) in [6.07, 6.45) is 1.84. The molecule has 5 heteroatoms. The molecule has 1 N–H and O–H groups in total. The molecule has 0 saturated carbocycles. The molecule has 0 aliphatic rings. The zero-order chi connectivity index (χ0) is 12.0. The maximum Gasteiger partial charge on any atom is 0.349 e. The van der Waals surface area contributed by atoms with E-state index in [0.717, 1.165) is 11.3 Å². The summed E-state index contributed by atoms with van der Waals surface area (Å²) in [6, 6.07) is 3.78. The van der Waals surface area contributed by atoms with Crippen molar-refractivity contribution in [3.63, 3.8) is 0 Å². The number of carboxylic acids is 1. The standard InChI is InChI=1S/C11H13NO3S/c1-2-8-7-9(10(16-8)11(13)14)15-6-4-3-5-12/h7H,2-4,6H2,1H3,(H,13,14). The summed E-state index contributed by atoms with van der Waals surface area (Å²) in [4.78, 5) is 12.2. The Morgan fingerprint density at radius 1 is 1.69 bits per heavy atom. The number of nitriles is 1. The van der Waals surface area contributed by atoms with Gasteiger partial charge in [0.15, 0.2) is 4.88 Å². The van der Waals surface area contributed by atoms with E-state index in [4.69, 9.17) is 15.1 Å². The van der Waals surface area contributed by atoms with Crippen LogP contribution in [0.25, 0.3) is 0 Å². The average molecular weight is 239 g/mol. The van der Waals surface area contributed by atoms with Crippen LogP contribution in [0.3, 0.4) is 0 Å². The highest BCUT2D eigenvalue weighted by atomic mass is 32.1. The van der Waals surface area contributed by atoms with E-state index in [9.17, 15) is 4.79 Å². The Kier molecular flexibility index (Phi) is 4.80. The number of carbonyl (C=O) groups is 1. The van der Waals surface area contributed by atoms with Gasteiger partial charge in [0.1, 0.15) is 5.75 Å². The first-order valence-electron chi connectivity index (χ1n) is 5.04. The maximum atomic E-state index is 10.9. The summed E-state index contributed by atoms with van der Waals surface area (Å²) in [5.41, 5.74) is 0. The molecule has 1 rings (SSSR count). The highest BCUT2D eigenvalue weighted by Gasteiger charge is 2.15. The van der Waals surface area contributed by atoms with Crippen LogP contribution in [0.4, 0.5) is 0 Å². The highest BCUT2D eigenvalue weighted by Crippen LogP contribution is 2.29. The van der Waals surface area contributed by atoms with Crippen molar-refractivity contribution in [2.75, 3.05) is 6.61 Å². The molecule has 0 bridgehead atoms. The molecule has 1 aromatic heterocycles. The van der Waals surface area contributed by atoms with E-state index < -0.39 is 5.97 Å². The first-order chi connectivity index (χ1) is 7.69. The van der Waals surface area contributed by atoms with Crippen molar-refractivity contribution in [2.45, 2.75) is 26.2 Å². The van der Waals surface area contributed by atoms with Crippen LogP contribution in [0.5, 0.6) is 5.75 Å². The van der Waals surface area contributed by atoms with Gasteiger partial charge in [-0.25, -0.2) is 4.79 Å². The van der Waals surface area contributed by atoms with E-state index in [0.29, 0.717) is 25.2 Å². The summed E-state index contributed by atoms with van der Waals surface area (Å²) < 4.78 is 5.36. The van der Waals surface area contributed by atoms with E-state index in [1.807, 2.05) is 13.0 Å². The first kappa shape index (κ1) is 12.5. The number of unbranched alkanes of at least 4 members (excludes halogenated alkanes) is 1. The fourth-order valence-corrected chi connectivity index (χ4v) is 2.06. The zero-order valence-corrected chi connectivity index (χ0v) is 9.84. The third-order valence-corrected chi connectivity index (χ3v) is 3.23. The van der Waals surface area contributed by atoms with Gasteiger partial charge < -0.3 is 9.84 Å². The SMILES string of the molecule is CCc1cc(OCCCC#N)c(C(=O)O)s1. The highest BCUT2D eigenvalue weighted by molar-refractivity contribution is 7.14. The minimum atomic E-state index is -0.958. The molecule has 0 aliphatic heterocycles. The average Bonchev–Trinajstić information content (AvgIpc) is 2.68. The lowest BCUT2D eigenvalue weighted by Crippen LogP contribution is -2.01. The summed E-state index contributed by atoms with van der Waals surface area (Å²) in [5.74, 6) is -0.535. The molecule has 1 heterocycles. The fourth-order valence-electron chi connectivity index (χ4n) is 1.19. The van der Waals surface area contributed by atoms with Gasteiger partial charge in [-0.15, -0.1) is 11.3 Å². The lowest BCUT2D eigenvalue weighted by atomic mass is 10.3. The summed E-state index contributed by atoms with van der Waals surface area (Å²) in [5, 5.41) is 17.3. The quantitative estimate of drug-likeness (QED) is 0.775. The van der Waals surface area contributed by atoms with Crippen molar-refractivity contribution in [1.29, 1.82) is 5.26 Å². The monoisotopic (exact) mass is 239 g/mol. The van der Waals surface area contributed by atoms with Gasteiger partial charge in [-0.1, -0.05) is 6.92 Å². The molecule has 0 spiro atoms. The number of hydrogen-bond donors (Lipinski definition) is 1. The minimum Gasteiger partial charge on any atom is -0.492 e. The van der Waals surface area contributed by atoms with Crippen LogP contribution in [0, 0.1) is 11.3 Å². The normalized spacial score (nSPS) is 9.75. The molecular formula is C11H13NO3S. The Morgan fingerprint density at radius 3 is 3.00 bits per heavy atom. The Labute approximate surface area is 98.1 Å². The number of aromatic carboxylic acids is 1. The molecule has 0 saturated heterocycles. The van der Waals surface area contributed by atoms with Gasteiger partial charge in [0.05, 0.1) is 12.7 Å². The number of aryl methyl sites for hydroxylation is 1. The topological polar surface area (TPSA) is 70.3 Å². The van der Waals surface area contributed by atoms with Crippen LogP contribution < -0.4 is 4.74 Å². The van der Waals surface area contributed by atoms with E-state index >= 15 is 0 Å². The van der Waals surface area contributed by atoms with E-state index in [1.54, 1.807) is 6.07 Å². The van der Waals surface area contributed by atoms with Gasteiger partial charge in [0, 0.05) is 11.3 Å². The van der Waals surface area contributed by atoms with Crippen LogP contribution in [-0.4, -0.2) is 17.7 Å². The van der Waals surface area contributed by atoms with E-state index in [-0.39, 0.29) is 4.88 Å². The second-order valence-corrected chi connectivity index (χ2v) is 4.31. The van der Waals surface area contributed by atoms with Crippen LogP contribution in [-0.2, 0) is 6.42 Å². The molecule has 86 valence electrons. The molecule has 0 aliphatic carbocycles. The summed E-state index contributed by atoms with van der Waals surface area (Å²) in [6.45, 7) is 2.35. The molecule has 0 fully saturated rings. The Hall–Kier alpha value is -1.54. The predicted octanol–water partition coefficient (Wildman–Crippen LogP) is 2.69. The molecule has 0 unspecified atom stereocenters. The van der Waals surface area contributed by atoms with E-state index in [1.165, 1.54) is 11.3 Å². The van der Waals surface area contributed by atoms with Crippen molar-refractivity contribution in [3.05, 3.63) is 15.8 Å². The molecule has 0 atom stereocenters. The third kappa shape index (κ3) is 3.24. The van der Waals surface area contributed by atoms with Crippen LogP contribution in [0.2, 0.25) is 0 Å². The maximum absolute atomic E-state index is 10.9. The number of thiophene rings is 1. The second kappa shape index (κ2) is 6.13. The van der Waals surface area contributed by atoms with Gasteiger partial charge in [-0.05, 0) is 18.9 Å². The molecular weight excluding hydrogens is 226 g/mol. The first-order valence-corrected chi connectivity index (χ1v) is 5.86. The van der Waals surface area contributed by atoms with Crippen LogP contribution in [0.15, 0.2) is 6.07 Å². The Morgan fingerprint density at radius 2 is 2.44 bits per heavy atom. The number of carboxylic acid groups (broad SMARTS) is 1. The largest absolute Gasteiger partial charge is 0.492 e. The third-order valence-electron chi connectivity index (χ3n) is 1.98. The van der Waals surface area contributed by atoms with Gasteiger partial charge in [-0.3, -0.25) is 0 Å². The van der Waals surface area contributed by atoms with Gasteiger partial charge in [0.25, 0.3) is 0 Å². The molecule has 16 heavy (non-hydrogen) atoms. The summed E-state index contributed by atoms with van der Waals surface area (Å²) in [7, 11) is 0. The van der Waals surface area contributed by atoms with Gasteiger partial charge >= 0.3 is 5.97 Å². The van der Waals surface area contributed by atoms with Crippen molar-refractivity contribution < 1.29 is 14.6 Å². The van der Waals surface area contributed by atoms with Crippen LogP contribution in [0.1, 0.15) is 34.3 Å². The Balaban J connectivity index is 2.66.